The predicted octanol–water partition coefficient (Wildman–Crippen LogP) is 0.243. The summed E-state index contributed by atoms with van der Waals surface area (Å²) in [5.74, 6) is 0.399. The second-order valence-electron chi connectivity index (χ2n) is 5.25. The molecule has 1 heterocycles. The zero-order valence-electron chi connectivity index (χ0n) is 10.1. The first kappa shape index (κ1) is 12.3. The zero-order valence-corrected chi connectivity index (χ0v) is 10.1. The van der Waals surface area contributed by atoms with Crippen LogP contribution in [0.2, 0.25) is 0 Å². The van der Waals surface area contributed by atoms with Crippen molar-refractivity contribution in [3.05, 3.63) is 0 Å². The highest BCUT2D eigenvalue weighted by atomic mass is 16.5. The highest BCUT2D eigenvalue weighted by molar-refractivity contribution is 5.02. The van der Waals surface area contributed by atoms with Gasteiger partial charge in [-0.05, 0) is 32.1 Å². The summed E-state index contributed by atoms with van der Waals surface area (Å²) in [4.78, 5) is 0. The SMILES string of the molecule is CC1OCCC1(CN)NC1CCCC1CO. The lowest BCUT2D eigenvalue weighted by Gasteiger charge is -2.36. The number of aliphatic hydroxyl groups is 1. The fraction of sp³-hybridized carbons (Fsp3) is 1.00. The van der Waals surface area contributed by atoms with Crippen LogP contribution in [0.4, 0.5) is 0 Å². The molecular formula is C12H24N2O2. The van der Waals surface area contributed by atoms with Crippen LogP contribution >= 0.6 is 0 Å². The van der Waals surface area contributed by atoms with Gasteiger partial charge in [0.15, 0.2) is 0 Å². The van der Waals surface area contributed by atoms with Gasteiger partial charge in [-0.2, -0.15) is 0 Å². The fourth-order valence-electron chi connectivity index (χ4n) is 3.11. The molecule has 2 rings (SSSR count). The fourth-order valence-corrected chi connectivity index (χ4v) is 3.11. The molecule has 4 heteroatoms. The molecule has 2 fully saturated rings. The number of nitrogens with two attached hydrogens (primary N) is 1. The average molecular weight is 228 g/mol. The maximum Gasteiger partial charge on any atom is 0.0741 e. The van der Waals surface area contributed by atoms with Crippen LogP contribution in [0.3, 0.4) is 0 Å². The van der Waals surface area contributed by atoms with E-state index in [1.807, 2.05) is 0 Å². The molecule has 1 aliphatic carbocycles. The Hall–Kier alpha value is -0.160. The van der Waals surface area contributed by atoms with Gasteiger partial charge in [-0.1, -0.05) is 6.42 Å². The second-order valence-corrected chi connectivity index (χ2v) is 5.25. The van der Waals surface area contributed by atoms with Gasteiger partial charge in [-0.15, -0.1) is 0 Å². The molecule has 0 radical (unpaired) electrons. The van der Waals surface area contributed by atoms with Crippen LogP contribution in [0.25, 0.3) is 0 Å². The Morgan fingerprint density at radius 3 is 2.88 bits per heavy atom. The molecule has 0 amide bonds. The van der Waals surface area contributed by atoms with Crippen molar-refractivity contribution in [3.8, 4) is 0 Å². The van der Waals surface area contributed by atoms with Gasteiger partial charge in [0.05, 0.1) is 11.6 Å². The molecule has 0 spiro atoms. The first-order chi connectivity index (χ1) is 7.72. The van der Waals surface area contributed by atoms with E-state index in [4.69, 9.17) is 10.5 Å². The predicted molar refractivity (Wildman–Crippen MR) is 63.2 cm³/mol. The van der Waals surface area contributed by atoms with Crippen LogP contribution in [0, 0.1) is 5.92 Å². The molecule has 4 N–H and O–H groups in total. The summed E-state index contributed by atoms with van der Waals surface area (Å²) in [5.41, 5.74) is 5.85. The molecule has 1 saturated heterocycles. The van der Waals surface area contributed by atoms with Crippen molar-refractivity contribution in [1.82, 2.24) is 5.32 Å². The molecule has 4 unspecified atom stereocenters. The quantitative estimate of drug-likeness (QED) is 0.645. The van der Waals surface area contributed by atoms with E-state index in [2.05, 4.69) is 12.2 Å². The third-order valence-electron chi connectivity index (χ3n) is 4.42. The van der Waals surface area contributed by atoms with Crippen LogP contribution in [0.15, 0.2) is 0 Å². The molecule has 1 aliphatic heterocycles. The van der Waals surface area contributed by atoms with E-state index in [0.717, 1.165) is 25.9 Å². The highest BCUT2D eigenvalue weighted by Crippen LogP contribution is 2.31. The Labute approximate surface area is 97.5 Å². The van der Waals surface area contributed by atoms with Crippen molar-refractivity contribution in [2.45, 2.75) is 50.3 Å². The van der Waals surface area contributed by atoms with Crippen LogP contribution in [0.1, 0.15) is 32.6 Å². The third kappa shape index (κ3) is 2.12. The van der Waals surface area contributed by atoms with Gasteiger partial charge in [0.25, 0.3) is 0 Å². The van der Waals surface area contributed by atoms with E-state index < -0.39 is 0 Å². The summed E-state index contributed by atoms with van der Waals surface area (Å²) < 4.78 is 5.63. The van der Waals surface area contributed by atoms with Gasteiger partial charge in [0.2, 0.25) is 0 Å². The zero-order chi connectivity index (χ0) is 11.6. The van der Waals surface area contributed by atoms with Crippen molar-refractivity contribution >= 4 is 0 Å². The summed E-state index contributed by atoms with van der Waals surface area (Å²) in [6.07, 6.45) is 4.65. The Morgan fingerprint density at radius 2 is 2.31 bits per heavy atom. The second kappa shape index (κ2) is 5.00. The molecule has 16 heavy (non-hydrogen) atoms. The number of rotatable bonds is 4. The topological polar surface area (TPSA) is 67.5 Å². The van der Waals surface area contributed by atoms with E-state index in [1.54, 1.807) is 0 Å². The molecule has 4 atom stereocenters. The van der Waals surface area contributed by atoms with E-state index in [9.17, 15) is 5.11 Å². The maximum atomic E-state index is 9.33. The van der Waals surface area contributed by atoms with Crippen molar-refractivity contribution < 1.29 is 9.84 Å². The normalized spacial score (nSPS) is 44.1. The summed E-state index contributed by atoms with van der Waals surface area (Å²) in [7, 11) is 0. The molecule has 4 nitrogen and oxygen atoms in total. The van der Waals surface area contributed by atoms with Crippen LogP contribution in [-0.2, 0) is 4.74 Å². The lowest BCUT2D eigenvalue weighted by molar-refractivity contribution is 0.0746. The van der Waals surface area contributed by atoms with Crippen LogP contribution < -0.4 is 11.1 Å². The molecule has 0 aromatic rings. The summed E-state index contributed by atoms with van der Waals surface area (Å²) in [6, 6.07) is 0.415. The monoisotopic (exact) mass is 228 g/mol. The lowest BCUT2D eigenvalue weighted by atomic mass is 9.89. The maximum absolute atomic E-state index is 9.33. The molecule has 0 aromatic carbocycles. The molecule has 94 valence electrons. The Bertz CT molecular complexity index is 237. The summed E-state index contributed by atoms with van der Waals surface area (Å²) >= 11 is 0. The summed E-state index contributed by atoms with van der Waals surface area (Å²) in [6.45, 7) is 3.79. The van der Waals surface area contributed by atoms with Gasteiger partial charge in [-0.25, -0.2) is 0 Å². The smallest absolute Gasteiger partial charge is 0.0741 e. The first-order valence-electron chi connectivity index (χ1n) is 6.42. The standard InChI is InChI=1S/C12H24N2O2/c1-9-12(8-13,5-6-16-9)14-11-4-2-3-10(11)7-15/h9-11,14-15H,2-8,13H2,1H3. The van der Waals surface area contributed by atoms with Crippen molar-refractivity contribution in [2.24, 2.45) is 11.7 Å². The Balaban J connectivity index is 2.01. The number of aliphatic hydroxyl groups excluding tert-OH is 1. The Kier molecular flexibility index (Phi) is 3.85. The van der Waals surface area contributed by atoms with Crippen LogP contribution in [-0.4, -0.2) is 42.5 Å². The Morgan fingerprint density at radius 1 is 1.50 bits per heavy atom. The van der Waals surface area contributed by atoms with Crippen molar-refractivity contribution in [2.75, 3.05) is 19.8 Å². The first-order valence-corrected chi connectivity index (χ1v) is 6.42. The van der Waals surface area contributed by atoms with Gasteiger partial charge < -0.3 is 20.9 Å². The lowest BCUT2D eigenvalue weighted by Crippen LogP contribution is -2.60. The van der Waals surface area contributed by atoms with E-state index in [0.29, 0.717) is 18.5 Å². The van der Waals surface area contributed by atoms with Gasteiger partial charge in [0, 0.05) is 25.8 Å². The van der Waals surface area contributed by atoms with E-state index in [-0.39, 0.29) is 18.2 Å². The van der Waals surface area contributed by atoms with Gasteiger partial charge >= 0.3 is 0 Å². The molecule has 2 aliphatic rings. The summed E-state index contributed by atoms with van der Waals surface area (Å²) in [5, 5.41) is 13.0. The highest BCUT2D eigenvalue weighted by Gasteiger charge is 2.43. The van der Waals surface area contributed by atoms with Crippen molar-refractivity contribution in [3.63, 3.8) is 0 Å². The number of nitrogens with one attached hydrogen (secondary N) is 1. The van der Waals surface area contributed by atoms with Crippen LogP contribution in [0.5, 0.6) is 0 Å². The molecule has 0 bridgehead atoms. The minimum Gasteiger partial charge on any atom is -0.396 e. The van der Waals surface area contributed by atoms with Crippen molar-refractivity contribution in [1.29, 1.82) is 0 Å². The minimum absolute atomic E-state index is 0.0670. The van der Waals surface area contributed by atoms with Gasteiger partial charge in [-0.3, -0.25) is 0 Å². The number of hydrogen-bond acceptors (Lipinski definition) is 4. The molecule has 0 aromatic heterocycles. The third-order valence-corrected chi connectivity index (χ3v) is 4.42. The average Bonchev–Trinajstić information content (AvgIpc) is 2.87. The minimum atomic E-state index is -0.0670. The van der Waals surface area contributed by atoms with E-state index in [1.165, 1.54) is 6.42 Å². The number of hydrogen-bond donors (Lipinski definition) is 3. The van der Waals surface area contributed by atoms with E-state index >= 15 is 0 Å². The number of ether oxygens (including phenoxy) is 1. The van der Waals surface area contributed by atoms with Gasteiger partial charge in [0.1, 0.15) is 0 Å². The molecule has 1 saturated carbocycles. The molecular weight excluding hydrogens is 204 g/mol. The largest absolute Gasteiger partial charge is 0.396 e.